The van der Waals surface area contributed by atoms with Crippen LogP contribution in [-0.4, -0.2) is 59.0 Å². The number of likely N-dealkylation sites (tertiary alicyclic amines) is 1. The SMILES string of the molecule is CCC(=O)[C@H](C[C@@H]1CCCCC1=O)NC(=O)[C@@H]1[C@H]2CC=C[C@H]2CN1C(=O)c1cc2c(OC)cccc2[nH]1. The zero-order chi connectivity index (χ0) is 26.1. The Morgan fingerprint density at radius 2 is 2.08 bits per heavy atom. The van der Waals surface area contributed by atoms with E-state index in [0.717, 1.165) is 30.2 Å². The summed E-state index contributed by atoms with van der Waals surface area (Å²) in [4.78, 5) is 57.6. The number of aromatic amines is 1. The van der Waals surface area contributed by atoms with E-state index in [1.807, 2.05) is 18.2 Å². The Bertz CT molecular complexity index is 1250. The maximum absolute atomic E-state index is 13.8. The van der Waals surface area contributed by atoms with Gasteiger partial charge in [-0.1, -0.05) is 31.6 Å². The zero-order valence-electron chi connectivity index (χ0n) is 21.5. The van der Waals surface area contributed by atoms with E-state index in [2.05, 4.69) is 22.5 Å². The summed E-state index contributed by atoms with van der Waals surface area (Å²) in [5, 5.41) is 3.78. The summed E-state index contributed by atoms with van der Waals surface area (Å²) in [5.74, 6) is 0.0816. The number of ether oxygens (including phenoxy) is 1. The fourth-order valence-electron chi connectivity index (χ4n) is 6.34. The van der Waals surface area contributed by atoms with Gasteiger partial charge in [-0.25, -0.2) is 0 Å². The number of hydrogen-bond donors (Lipinski definition) is 2. The Balaban J connectivity index is 1.39. The van der Waals surface area contributed by atoms with Crippen molar-refractivity contribution in [3.63, 3.8) is 0 Å². The first kappa shape index (κ1) is 25.2. The molecule has 0 unspecified atom stereocenters. The van der Waals surface area contributed by atoms with E-state index >= 15 is 0 Å². The van der Waals surface area contributed by atoms with Crippen LogP contribution in [0.5, 0.6) is 5.75 Å². The summed E-state index contributed by atoms with van der Waals surface area (Å²) in [6.45, 7) is 2.22. The molecule has 5 atom stereocenters. The number of methoxy groups -OCH3 is 1. The van der Waals surface area contributed by atoms with E-state index in [-0.39, 0.29) is 47.6 Å². The molecule has 1 saturated carbocycles. The highest BCUT2D eigenvalue weighted by Crippen LogP contribution is 2.39. The molecule has 2 aliphatic carbocycles. The molecule has 2 aromatic rings. The molecule has 2 heterocycles. The molecule has 2 fully saturated rings. The predicted molar refractivity (Wildman–Crippen MR) is 139 cm³/mol. The van der Waals surface area contributed by atoms with E-state index in [4.69, 9.17) is 4.74 Å². The van der Waals surface area contributed by atoms with Crippen LogP contribution in [-0.2, 0) is 14.4 Å². The van der Waals surface area contributed by atoms with Crippen molar-refractivity contribution < 1.29 is 23.9 Å². The average Bonchev–Trinajstić information content (AvgIpc) is 3.62. The van der Waals surface area contributed by atoms with Crippen LogP contribution in [0.25, 0.3) is 10.9 Å². The molecule has 1 aromatic heterocycles. The van der Waals surface area contributed by atoms with Crippen molar-refractivity contribution in [1.29, 1.82) is 0 Å². The number of H-pyrrole nitrogens is 1. The topological polar surface area (TPSA) is 109 Å². The number of benzene rings is 1. The molecule has 1 aromatic carbocycles. The molecular formula is C29H35N3O5. The number of nitrogens with one attached hydrogen (secondary N) is 2. The van der Waals surface area contributed by atoms with Gasteiger partial charge in [0.15, 0.2) is 5.78 Å². The maximum atomic E-state index is 13.8. The summed E-state index contributed by atoms with van der Waals surface area (Å²) in [7, 11) is 1.59. The molecule has 3 aliphatic rings. The van der Waals surface area contributed by atoms with Gasteiger partial charge >= 0.3 is 0 Å². The standard InChI is InChI=1S/C29H35N3O5/c1-3-24(33)22(14-17-8-4-5-12-25(17)34)31-28(35)27-19-10-6-9-18(19)16-32(27)29(36)23-15-20-21(30-23)11-7-13-26(20)37-2/h6-7,9,11,13,15,17-19,22,27,30H,3-5,8,10,12,14,16H2,1-2H3,(H,31,35)/t17-,18-,19-,22-,27-/m0/s1. The molecule has 2 N–H and O–H groups in total. The van der Waals surface area contributed by atoms with Crippen LogP contribution < -0.4 is 10.1 Å². The molecule has 2 amide bonds. The van der Waals surface area contributed by atoms with E-state index in [0.29, 0.717) is 37.3 Å². The molecular weight excluding hydrogens is 470 g/mol. The van der Waals surface area contributed by atoms with Gasteiger partial charge in [-0.3, -0.25) is 19.2 Å². The molecule has 1 saturated heterocycles. The lowest BCUT2D eigenvalue weighted by atomic mass is 9.82. The van der Waals surface area contributed by atoms with Gasteiger partial charge in [0.25, 0.3) is 5.91 Å². The third kappa shape index (κ3) is 4.81. The van der Waals surface area contributed by atoms with Gasteiger partial charge in [-0.05, 0) is 49.8 Å². The smallest absolute Gasteiger partial charge is 0.271 e. The van der Waals surface area contributed by atoms with Crippen molar-refractivity contribution >= 4 is 34.3 Å². The summed E-state index contributed by atoms with van der Waals surface area (Å²) in [5.41, 5.74) is 1.18. The van der Waals surface area contributed by atoms with Crippen molar-refractivity contribution in [3.05, 3.63) is 42.1 Å². The van der Waals surface area contributed by atoms with Crippen LogP contribution in [0.15, 0.2) is 36.4 Å². The van der Waals surface area contributed by atoms with Crippen molar-refractivity contribution in [2.24, 2.45) is 17.8 Å². The van der Waals surface area contributed by atoms with Gasteiger partial charge in [-0.15, -0.1) is 0 Å². The van der Waals surface area contributed by atoms with E-state index in [1.54, 1.807) is 25.0 Å². The van der Waals surface area contributed by atoms with Crippen LogP contribution in [0.2, 0.25) is 0 Å². The van der Waals surface area contributed by atoms with Crippen LogP contribution >= 0.6 is 0 Å². The van der Waals surface area contributed by atoms with E-state index in [9.17, 15) is 19.2 Å². The maximum Gasteiger partial charge on any atom is 0.271 e. The Morgan fingerprint density at radius 3 is 2.84 bits per heavy atom. The molecule has 196 valence electrons. The van der Waals surface area contributed by atoms with Crippen LogP contribution in [0.1, 0.15) is 62.4 Å². The van der Waals surface area contributed by atoms with Gasteiger partial charge in [-0.2, -0.15) is 0 Å². The molecule has 37 heavy (non-hydrogen) atoms. The third-order valence-corrected chi connectivity index (χ3v) is 8.35. The van der Waals surface area contributed by atoms with Gasteiger partial charge < -0.3 is 19.9 Å². The summed E-state index contributed by atoms with van der Waals surface area (Å²) >= 11 is 0. The normalized spacial score (nSPS) is 25.8. The fourth-order valence-corrected chi connectivity index (χ4v) is 6.34. The number of amides is 2. The minimum Gasteiger partial charge on any atom is -0.496 e. The van der Waals surface area contributed by atoms with Gasteiger partial charge in [0.2, 0.25) is 5.91 Å². The Labute approximate surface area is 216 Å². The lowest BCUT2D eigenvalue weighted by molar-refractivity contribution is -0.132. The second-order valence-corrected chi connectivity index (χ2v) is 10.5. The van der Waals surface area contributed by atoms with E-state index in [1.165, 1.54) is 0 Å². The lowest BCUT2D eigenvalue weighted by Gasteiger charge is -2.30. The highest BCUT2D eigenvalue weighted by atomic mass is 16.5. The van der Waals surface area contributed by atoms with Crippen LogP contribution in [0.4, 0.5) is 0 Å². The molecule has 0 bridgehead atoms. The van der Waals surface area contributed by atoms with Gasteiger partial charge in [0, 0.05) is 42.1 Å². The molecule has 0 radical (unpaired) electrons. The number of allylic oxidation sites excluding steroid dienone is 1. The first-order chi connectivity index (χ1) is 17.9. The first-order valence-electron chi connectivity index (χ1n) is 13.4. The minimum atomic E-state index is -0.716. The van der Waals surface area contributed by atoms with Crippen molar-refractivity contribution in [1.82, 2.24) is 15.2 Å². The monoisotopic (exact) mass is 505 g/mol. The summed E-state index contributed by atoms with van der Waals surface area (Å²) in [6, 6.07) is 5.95. The second-order valence-electron chi connectivity index (χ2n) is 10.5. The average molecular weight is 506 g/mol. The van der Waals surface area contributed by atoms with Crippen LogP contribution in [0.3, 0.4) is 0 Å². The highest BCUT2D eigenvalue weighted by molar-refractivity contribution is 6.02. The number of fused-ring (bicyclic) bond motifs is 2. The fraction of sp³-hybridized carbons (Fsp3) is 0.517. The Hall–Kier alpha value is -3.42. The summed E-state index contributed by atoms with van der Waals surface area (Å²) < 4.78 is 5.44. The molecule has 8 nitrogen and oxygen atoms in total. The Morgan fingerprint density at radius 1 is 1.24 bits per heavy atom. The molecule has 5 rings (SSSR count). The van der Waals surface area contributed by atoms with Gasteiger partial charge in [0.1, 0.15) is 23.3 Å². The minimum absolute atomic E-state index is 0.0310. The lowest BCUT2D eigenvalue weighted by Crippen LogP contribution is -2.53. The van der Waals surface area contributed by atoms with Crippen molar-refractivity contribution in [2.75, 3.05) is 13.7 Å². The summed E-state index contributed by atoms with van der Waals surface area (Å²) in [6.07, 6.45) is 8.64. The van der Waals surface area contributed by atoms with Crippen molar-refractivity contribution in [2.45, 2.75) is 64.0 Å². The number of ketones is 2. The van der Waals surface area contributed by atoms with Crippen LogP contribution in [0, 0.1) is 17.8 Å². The van der Waals surface area contributed by atoms with E-state index < -0.39 is 12.1 Å². The number of aromatic nitrogens is 1. The van der Waals surface area contributed by atoms with Crippen molar-refractivity contribution in [3.8, 4) is 5.75 Å². The molecule has 0 spiro atoms. The highest BCUT2D eigenvalue weighted by Gasteiger charge is 2.48. The zero-order valence-corrected chi connectivity index (χ0v) is 21.5. The quantitative estimate of drug-likeness (QED) is 0.531. The predicted octanol–water partition coefficient (Wildman–Crippen LogP) is 3.81. The second kappa shape index (κ2) is 10.5. The first-order valence-corrected chi connectivity index (χ1v) is 13.4. The third-order valence-electron chi connectivity index (χ3n) is 8.35. The number of Topliss-reactive ketones (excluding diaryl/α,β-unsaturated/α-hetero) is 2. The Kier molecular flexibility index (Phi) is 7.17. The number of hydrogen-bond acceptors (Lipinski definition) is 5. The number of carbonyl (C=O) groups excluding carboxylic acids is 4. The van der Waals surface area contributed by atoms with Gasteiger partial charge in [0.05, 0.1) is 13.2 Å². The molecule has 8 heteroatoms. The number of nitrogens with zero attached hydrogens (tertiary/aromatic N) is 1. The molecule has 1 aliphatic heterocycles. The number of rotatable bonds is 8. The number of carbonyl (C=O) groups is 4. The largest absolute Gasteiger partial charge is 0.496 e.